The highest BCUT2D eigenvalue weighted by Gasteiger charge is 2.32. The second kappa shape index (κ2) is 6.87. The minimum atomic E-state index is -1.06. The van der Waals surface area contributed by atoms with E-state index >= 15 is 0 Å². The van der Waals surface area contributed by atoms with Gasteiger partial charge in [0.1, 0.15) is 5.82 Å². The average Bonchev–Trinajstić information content (AvgIpc) is 2.47. The van der Waals surface area contributed by atoms with Crippen molar-refractivity contribution in [2.75, 3.05) is 13.1 Å². The number of carbonyl (C=O) groups is 2. The van der Waals surface area contributed by atoms with E-state index in [1.165, 1.54) is 17.0 Å². The van der Waals surface area contributed by atoms with Crippen molar-refractivity contribution in [1.82, 2.24) is 4.90 Å². The fraction of sp³-hybridized carbons (Fsp3) is 0.500. The van der Waals surface area contributed by atoms with Gasteiger partial charge in [-0.2, -0.15) is 0 Å². The summed E-state index contributed by atoms with van der Waals surface area (Å²) in [6.45, 7) is 4.09. The van der Waals surface area contributed by atoms with Crippen LogP contribution in [-0.2, 0) is 14.3 Å². The highest BCUT2D eigenvalue weighted by Crippen LogP contribution is 2.22. The molecule has 1 amide bonds. The maximum atomic E-state index is 12.9. The van der Waals surface area contributed by atoms with Crippen LogP contribution in [0.5, 0.6) is 0 Å². The minimum Gasteiger partial charge on any atom is -0.479 e. The molecule has 1 saturated heterocycles. The monoisotopic (exact) mass is 309 g/mol. The molecule has 3 atom stereocenters. The lowest BCUT2D eigenvalue weighted by Gasteiger charge is -2.35. The molecule has 1 fully saturated rings. The smallest absolute Gasteiger partial charge is 0.334 e. The van der Waals surface area contributed by atoms with Gasteiger partial charge in [0.25, 0.3) is 0 Å². The number of rotatable bonds is 4. The molecule has 6 heteroatoms. The Morgan fingerprint density at radius 1 is 1.36 bits per heavy atom. The van der Waals surface area contributed by atoms with Gasteiger partial charge in [0.05, 0.1) is 12.6 Å². The molecule has 1 N–H and O–H groups in total. The van der Waals surface area contributed by atoms with Gasteiger partial charge in [-0.15, -0.1) is 0 Å². The molecule has 0 radical (unpaired) electrons. The van der Waals surface area contributed by atoms with Crippen LogP contribution in [0.4, 0.5) is 4.39 Å². The van der Waals surface area contributed by atoms with E-state index in [0.717, 1.165) is 5.56 Å². The lowest BCUT2D eigenvalue weighted by Crippen LogP contribution is -2.51. The van der Waals surface area contributed by atoms with E-state index in [2.05, 4.69) is 0 Å². The Labute approximate surface area is 128 Å². The quantitative estimate of drug-likeness (QED) is 0.924. The lowest BCUT2D eigenvalue weighted by molar-refractivity contribution is -0.166. The molecule has 0 saturated carbocycles. The highest BCUT2D eigenvalue weighted by molar-refractivity contribution is 5.79. The third-order valence-electron chi connectivity index (χ3n) is 3.81. The number of carboxylic acids is 1. The van der Waals surface area contributed by atoms with E-state index in [9.17, 15) is 14.0 Å². The van der Waals surface area contributed by atoms with Crippen LogP contribution in [0.25, 0.3) is 0 Å². The number of carbonyl (C=O) groups excluding carboxylic acids is 1. The fourth-order valence-electron chi connectivity index (χ4n) is 2.59. The molecule has 5 nitrogen and oxygen atoms in total. The number of amides is 1. The van der Waals surface area contributed by atoms with Crippen LogP contribution in [0, 0.1) is 5.82 Å². The molecule has 1 aromatic rings. The molecule has 0 bridgehead atoms. The Bertz CT molecular complexity index is 546. The first-order valence-electron chi connectivity index (χ1n) is 7.28. The van der Waals surface area contributed by atoms with Crippen LogP contribution in [0.1, 0.15) is 31.7 Å². The van der Waals surface area contributed by atoms with Crippen LogP contribution >= 0.6 is 0 Å². The van der Waals surface area contributed by atoms with Gasteiger partial charge in [0.2, 0.25) is 5.91 Å². The minimum absolute atomic E-state index is 0.0606. The molecule has 0 aliphatic carbocycles. The molecular formula is C16H20FNO4. The molecule has 22 heavy (non-hydrogen) atoms. The molecule has 2 rings (SSSR count). The summed E-state index contributed by atoms with van der Waals surface area (Å²) in [7, 11) is 0. The molecule has 1 aliphatic rings. The van der Waals surface area contributed by atoms with Crippen molar-refractivity contribution in [2.45, 2.75) is 38.4 Å². The van der Waals surface area contributed by atoms with Crippen molar-refractivity contribution >= 4 is 11.9 Å². The van der Waals surface area contributed by atoms with Crippen molar-refractivity contribution in [3.63, 3.8) is 0 Å². The van der Waals surface area contributed by atoms with Crippen LogP contribution in [0.15, 0.2) is 24.3 Å². The Morgan fingerprint density at radius 2 is 2.00 bits per heavy atom. The number of hydrogen-bond donors (Lipinski definition) is 1. The third kappa shape index (κ3) is 4.04. The second-order valence-electron chi connectivity index (χ2n) is 5.73. The molecular weight excluding hydrogens is 289 g/mol. The van der Waals surface area contributed by atoms with Crippen molar-refractivity contribution < 1.29 is 23.8 Å². The summed E-state index contributed by atoms with van der Waals surface area (Å²) in [5.74, 6) is -1.54. The van der Waals surface area contributed by atoms with Gasteiger partial charge in [0, 0.05) is 13.0 Å². The van der Waals surface area contributed by atoms with Gasteiger partial charge in [-0.3, -0.25) is 4.79 Å². The number of morpholine rings is 1. The largest absolute Gasteiger partial charge is 0.479 e. The normalized spacial score (nSPS) is 23.1. The molecule has 0 spiro atoms. The Balaban J connectivity index is 1.98. The molecule has 0 aromatic heterocycles. The van der Waals surface area contributed by atoms with Gasteiger partial charge in [-0.1, -0.05) is 19.1 Å². The lowest BCUT2D eigenvalue weighted by atomic mass is 9.97. The van der Waals surface area contributed by atoms with E-state index in [-0.39, 0.29) is 36.7 Å². The summed E-state index contributed by atoms with van der Waals surface area (Å²) in [6, 6.07) is 6.06. The van der Waals surface area contributed by atoms with Gasteiger partial charge >= 0.3 is 5.97 Å². The van der Waals surface area contributed by atoms with E-state index in [1.54, 1.807) is 19.1 Å². The number of benzene rings is 1. The number of aliphatic carboxylic acids is 1. The molecule has 120 valence electrons. The topological polar surface area (TPSA) is 66.8 Å². The summed E-state index contributed by atoms with van der Waals surface area (Å²) in [4.78, 5) is 24.9. The fourth-order valence-corrected chi connectivity index (χ4v) is 2.59. The van der Waals surface area contributed by atoms with Crippen LogP contribution in [0.2, 0.25) is 0 Å². The number of hydrogen-bond acceptors (Lipinski definition) is 3. The predicted octanol–water partition coefficient (Wildman–Crippen LogP) is 2.02. The number of halogens is 1. The molecule has 1 aromatic carbocycles. The second-order valence-corrected chi connectivity index (χ2v) is 5.73. The standard InChI is InChI=1S/C16H20FNO4/c1-10(12-3-5-13(17)6-4-12)7-15(19)18-8-11(2)22-14(9-18)16(20)21/h3-6,10-11,14H,7-9H2,1-2H3,(H,20,21)/t10?,11-,14?/m1/s1. The zero-order chi connectivity index (χ0) is 16.3. The van der Waals surface area contributed by atoms with Crippen molar-refractivity contribution in [3.05, 3.63) is 35.6 Å². The summed E-state index contributed by atoms with van der Waals surface area (Å²) in [6.07, 6.45) is -1.03. The molecule has 2 unspecified atom stereocenters. The first-order chi connectivity index (χ1) is 10.4. The third-order valence-corrected chi connectivity index (χ3v) is 3.81. The van der Waals surface area contributed by atoms with Gasteiger partial charge in [0.15, 0.2) is 6.10 Å². The van der Waals surface area contributed by atoms with Crippen LogP contribution in [-0.4, -0.2) is 47.2 Å². The summed E-state index contributed by atoms with van der Waals surface area (Å²) < 4.78 is 18.2. The van der Waals surface area contributed by atoms with Crippen molar-refractivity contribution in [3.8, 4) is 0 Å². The van der Waals surface area contributed by atoms with E-state index < -0.39 is 12.1 Å². The zero-order valence-corrected chi connectivity index (χ0v) is 12.7. The SMILES string of the molecule is CC(CC(=O)N1CC(C(=O)O)O[C@H](C)C1)c1ccc(F)cc1. The van der Waals surface area contributed by atoms with E-state index in [4.69, 9.17) is 9.84 Å². The summed E-state index contributed by atoms with van der Waals surface area (Å²) >= 11 is 0. The average molecular weight is 309 g/mol. The van der Waals surface area contributed by atoms with Crippen molar-refractivity contribution in [2.24, 2.45) is 0 Å². The summed E-state index contributed by atoms with van der Waals surface area (Å²) in [5, 5.41) is 9.04. The van der Waals surface area contributed by atoms with Gasteiger partial charge in [-0.25, -0.2) is 9.18 Å². The van der Waals surface area contributed by atoms with Gasteiger partial charge in [-0.05, 0) is 30.5 Å². The maximum absolute atomic E-state index is 12.9. The Kier molecular flexibility index (Phi) is 5.13. The summed E-state index contributed by atoms with van der Waals surface area (Å²) in [5.41, 5.74) is 0.880. The van der Waals surface area contributed by atoms with Gasteiger partial charge < -0.3 is 14.7 Å². The van der Waals surface area contributed by atoms with Crippen molar-refractivity contribution in [1.29, 1.82) is 0 Å². The molecule has 1 aliphatic heterocycles. The number of carboxylic acid groups (broad SMARTS) is 1. The van der Waals surface area contributed by atoms with E-state index in [1.807, 2.05) is 6.92 Å². The zero-order valence-electron chi connectivity index (χ0n) is 12.7. The maximum Gasteiger partial charge on any atom is 0.334 e. The predicted molar refractivity (Wildman–Crippen MR) is 78.0 cm³/mol. The number of ether oxygens (including phenoxy) is 1. The molecule has 1 heterocycles. The highest BCUT2D eigenvalue weighted by atomic mass is 19.1. The first-order valence-corrected chi connectivity index (χ1v) is 7.28. The van der Waals surface area contributed by atoms with Crippen LogP contribution < -0.4 is 0 Å². The van der Waals surface area contributed by atoms with E-state index in [0.29, 0.717) is 6.54 Å². The Hall–Kier alpha value is -1.95. The first kappa shape index (κ1) is 16.4. The Morgan fingerprint density at radius 3 is 2.59 bits per heavy atom. The van der Waals surface area contributed by atoms with Crippen LogP contribution in [0.3, 0.4) is 0 Å². The number of nitrogens with zero attached hydrogens (tertiary/aromatic N) is 1.